The van der Waals surface area contributed by atoms with Crippen molar-refractivity contribution in [1.29, 1.82) is 0 Å². The molecular weight excluding hydrogens is 436 g/mol. The topological polar surface area (TPSA) is 174 Å². The third kappa shape index (κ3) is 5.70. The van der Waals surface area contributed by atoms with Crippen molar-refractivity contribution in [2.75, 3.05) is 5.32 Å². The van der Waals surface area contributed by atoms with E-state index in [2.05, 4.69) is 25.6 Å². The summed E-state index contributed by atoms with van der Waals surface area (Å²) in [5.41, 5.74) is 11.7. The lowest BCUT2D eigenvalue weighted by Gasteiger charge is -2.12. The number of aliphatic imine (C=N–C) groups is 1. The number of aromatic nitrogens is 2. The molecule has 0 bridgehead atoms. The number of hydrogen-bond acceptors (Lipinski definition) is 8. The van der Waals surface area contributed by atoms with E-state index in [1.807, 2.05) is 0 Å². The molecule has 11 nitrogen and oxygen atoms in total. The number of anilines is 2. The van der Waals surface area contributed by atoms with E-state index in [-0.39, 0.29) is 29.6 Å². The lowest BCUT2D eigenvalue weighted by molar-refractivity contribution is -0.384. The first-order valence-corrected chi connectivity index (χ1v) is 10.2. The van der Waals surface area contributed by atoms with Crippen LogP contribution < -0.4 is 22.1 Å². The van der Waals surface area contributed by atoms with E-state index in [1.165, 1.54) is 6.08 Å². The summed E-state index contributed by atoms with van der Waals surface area (Å²) >= 11 is 6.17. The Morgan fingerprint density at radius 1 is 1.31 bits per heavy atom. The summed E-state index contributed by atoms with van der Waals surface area (Å²) in [6, 6.07) is 6.49. The second-order valence-electron chi connectivity index (χ2n) is 7.51. The SMILES string of the molecule is CC(C)NC(=O)c1nc(Nc2ccccc2Cl)nc(N=C(N)/C=C(\N)C2CC2)c1[N+](=O)[O-]. The van der Waals surface area contributed by atoms with Gasteiger partial charge in [0.2, 0.25) is 17.5 Å². The number of amides is 1. The van der Waals surface area contributed by atoms with Gasteiger partial charge >= 0.3 is 5.69 Å². The number of nitro groups is 1. The number of benzene rings is 1. The number of rotatable bonds is 8. The Labute approximate surface area is 189 Å². The molecule has 168 valence electrons. The number of hydrogen-bond donors (Lipinski definition) is 4. The Bertz CT molecular complexity index is 1110. The molecule has 0 atom stereocenters. The molecule has 0 saturated heterocycles. The average Bonchev–Trinajstić information content (AvgIpc) is 3.54. The van der Waals surface area contributed by atoms with Gasteiger partial charge in [-0.05, 0) is 50.8 Å². The lowest BCUT2D eigenvalue weighted by atomic mass is 10.2. The minimum absolute atomic E-state index is 0.0740. The number of halogens is 1. The third-order valence-electron chi connectivity index (χ3n) is 4.40. The van der Waals surface area contributed by atoms with Crippen molar-refractivity contribution >= 4 is 46.5 Å². The molecule has 0 aliphatic heterocycles. The predicted octanol–water partition coefficient (Wildman–Crippen LogP) is 3.16. The maximum Gasteiger partial charge on any atom is 0.345 e. The number of nitrogens with two attached hydrogens (primary N) is 2. The van der Waals surface area contributed by atoms with Gasteiger partial charge in [-0.25, -0.2) is 9.98 Å². The number of carbonyl (C=O) groups is 1. The normalized spacial score (nSPS) is 14.4. The van der Waals surface area contributed by atoms with E-state index in [0.29, 0.717) is 16.4 Å². The van der Waals surface area contributed by atoms with Crippen LogP contribution in [0.1, 0.15) is 37.2 Å². The molecule has 1 aromatic heterocycles. The van der Waals surface area contributed by atoms with Crippen LogP contribution in [0.3, 0.4) is 0 Å². The summed E-state index contributed by atoms with van der Waals surface area (Å²) < 4.78 is 0. The van der Waals surface area contributed by atoms with Gasteiger partial charge in [0.25, 0.3) is 5.91 Å². The molecule has 32 heavy (non-hydrogen) atoms. The number of para-hydroxylation sites is 1. The lowest BCUT2D eigenvalue weighted by Crippen LogP contribution is -2.31. The zero-order valence-electron chi connectivity index (χ0n) is 17.5. The molecule has 1 saturated carbocycles. The molecule has 6 N–H and O–H groups in total. The molecule has 12 heteroatoms. The number of nitrogens with one attached hydrogen (secondary N) is 2. The van der Waals surface area contributed by atoms with Crippen molar-refractivity contribution in [2.24, 2.45) is 22.4 Å². The highest BCUT2D eigenvalue weighted by molar-refractivity contribution is 6.33. The smallest absolute Gasteiger partial charge is 0.345 e. The average molecular weight is 459 g/mol. The third-order valence-corrected chi connectivity index (χ3v) is 4.73. The Kier molecular flexibility index (Phi) is 6.89. The Balaban J connectivity index is 2.13. The molecule has 1 heterocycles. The number of carbonyl (C=O) groups excluding carboxylic acids is 1. The van der Waals surface area contributed by atoms with Crippen molar-refractivity contribution in [3.8, 4) is 0 Å². The van der Waals surface area contributed by atoms with E-state index >= 15 is 0 Å². The maximum absolute atomic E-state index is 12.7. The van der Waals surface area contributed by atoms with Crippen molar-refractivity contribution in [1.82, 2.24) is 15.3 Å². The van der Waals surface area contributed by atoms with Crippen LogP contribution in [0.4, 0.5) is 23.1 Å². The summed E-state index contributed by atoms with van der Waals surface area (Å²) in [6.07, 6.45) is 3.35. The van der Waals surface area contributed by atoms with Gasteiger partial charge in [-0.3, -0.25) is 14.9 Å². The fraction of sp³-hybridized carbons (Fsp3) is 0.300. The Morgan fingerprint density at radius 3 is 2.59 bits per heavy atom. The van der Waals surface area contributed by atoms with Crippen molar-refractivity contribution < 1.29 is 9.72 Å². The predicted molar refractivity (Wildman–Crippen MR) is 122 cm³/mol. The second-order valence-corrected chi connectivity index (χ2v) is 7.92. The molecule has 3 rings (SSSR count). The summed E-state index contributed by atoms with van der Waals surface area (Å²) in [4.78, 5) is 36.0. The van der Waals surface area contributed by atoms with Crippen molar-refractivity contribution in [3.05, 3.63) is 56.9 Å². The van der Waals surface area contributed by atoms with Crippen LogP contribution in [0.5, 0.6) is 0 Å². The number of nitrogens with zero attached hydrogens (tertiary/aromatic N) is 4. The molecule has 0 radical (unpaired) electrons. The highest BCUT2D eigenvalue weighted by atomic mass is 35.5. The summed E-state index contributed by atoms with van der Waals surface area (Å²) in [5.74, 6) is -1.09. The van der Waals surface area contributed by atoms with E-state index in [4.69, 9.17) is 23.1 Å². The van der Waals surface area contributed by atoms with Crippen molar-refractivity contribution in [2.45, 2.75) is 32.7 Å². The first-order valence-electron chi connectivity index (χ1n) is 9.85. The zero-order chi connectivity index (χ0) is 23.4. The van der Waals surface area contributed by atoms with Gasteiger partial charge < -0.3 is 22.1 Å². The molecule has 1 amide bonds. The Hall–Kier alpha value is -3.73. The van der Waals surface area contributed by atoms with Gasteiger partial charge in [0.05, 0.1) is 15.6 Å². The van der Waals surface area contributed by atoms with Gasteiger partial charge in [-0.1, -0.05) is 23.7 Å². The van der Waals surface area contributed by atoms with E-state index in [1.54, 1.807) is 38.1 Å². The van der Waals surface area contributed by atoms with Crippen LogP contribution >= 0.6 is 11.6 Å². The first kappa shape index (κ1) is 22.9. The number of amidine groups is 1. The largest absolute Gasteiger partial charge is 0.402 e. The Morgan fingerprint density at radius 2 is 2.00 bits per heavy atom. The van der Waals surface area contributed by atoms with Crippen LogP contribution in [0.2, 0.25) is 5.02 Å². The van der Waals surface area contributed by atoms with Gasteiger partial charge in [-0.2, -0.15) is 4.98 Å². The fourth-order valence-corrected chi connectivity index (χ4v) is 2.96. The van der Waals surface area contributed by atoms with Gasteiger partial charge in [0, 0.05) is 11.7 Å². The van der Waals surface area contributed by atoms with E-state index in [9.17, 15) is 14.9 Å². The van der Waals surface area contributed by atoms with E-state index < -0.39 is 22.2 Å². The molecule has 1 aliphatic carbocycles. The minimum Gasteiger partial charge on any atom is -0.402 e. The molecule has 1 fully saturated rings. The van der Waals surface area contributed by atoms with Crippen LogP contribution in [0.25, 0.3) is 0 Å². The quantitative estimate of drug-likeness (QED) is 0.202. The second kappa shape index (κ2) is 9.60. The zero-order valence-corrected chi connectivity index (χ0v) is 18.3. The minimum atomic E-state index is -0.769. The van der Waals surface area contributed by atoms with Crippen molar-refractivity contribution in [3.63, 3.8) is 0 Å². The van der Waals surface area contributed by atoms with Crippen LogP contribution in [0.15, 0.2) is 41.0 Å². The molecule has 1 aliphatic rings. The van der Waals surface area contributed by atoms with Crippen LogP contribution in [0, 0.1) is 16.0 Å². The highest BCUT2D eigenvalue weighted by Crippen LogP contribution is 2.34. The van der Waals surface area contributed by atoms with Crippen LogP contribution in [-0.2, 0) is 0 Å². The summed E-state index contributed by atoms with van der Waals surface area (Å²) in [6.45, 7) is 3.44. The summed E-state index contributed by atoms with van der Waals surface area (Å²) in [5, 5.41) is 17.7. The van der Waals surface area contributed by atoms with Gasteiger partial charge in [0.1, 0.15) is 5.84 Å². The molecule has 0 spiro atoms. The standard InChI is InChI=1S/C20H23ClN8O3/c1-10(2)24-19(30)16-17(29(31)32)18(26-15(23)9-13(22)11-7-8-11)28-20(27-16)25-14-6-4-3-5-12(14)21/h3-6,9-11H,7-8,22H2,1-2H3,(H,24,30)(H3,23,25,26,27,28)/b13-9-. The highest BCUT2D eigenvalue weighted by Gasteiger charge is 2.30. The molecular formula is C20H23ClN8O3. The molecule has 0 unspecified atom stereocenters. The fourth-order valence-electron chi connectivity index (χ4n) is 2.78. The number of allylic oxidation sites excluding steroid dienone is 1. The molecule has 1 aromatic carbocycles. The molecule has 2 aromatic rings. The summed E-state index contributed by atoms with van der Waals surface area (Å²) in [7, 11) is 0. The van der Waals surface area contributed by atoms with Gasteiger partial charge in [0.15, 0.2) is 0 Å². The van der Waals surface area contributed by atoms with Gasteiger partial charge in [-0.15, -0.1) is 0 Å². The van der Waals surface area contributed by atoms with E-state index in [0.717, 1.165) is 12.8 Å². The first-order chi connectivity index (χ1) is 15.2. The van der Waals surface area contributed by atoms with Crippen LogP contribution in [-0.4, -0.2) is 32.7 Å². The maximum atomic E-state index is 12.7. The monoisotopic (exact) mass is 458 g/mol.